The van der Waals surface area contributed by atoms with Crippen LogP contribution in [-0.4, -0.2) is 10.7 Å². The summed E-state index contributed by atoms with van der Waals surface area (Å²) in [7, 11) is 0. The number of Topliss-reactive ketones (excluding diaryl/α,β-unsaturated/α-hetero) is 1. The summed E-state index contributed by atoms with van der Waals surface area (Å²) in [6.07, 6.45) is 6.70. The Morgan fingerprint density at radius 1 is 1.19 bits per heavy atom. The van der Waals surface area contributed by atoms with E-state index in [1.54, 1.807) is 18.2 Å². The van der Waals surface area contributed by atoms with Crippen LogP contribution in [0.2, 0.25) is 0 Å². The lowest BCUT2D eigenvalue weighted by atomic mass is 9.66. The predicted molar refractivity (Wildman–Crippen MR) is 78.0 cm³/mol. The number of hydrogen-bond donors (Lipinski definition) is 0. The van der Waals surface area contributed by atoms with Crippen molar-refractivity contribution in [2.45, 2.75) is 38.5 Å². The van der Waals surface area contributed by atoms with Crippen LogP contribution in [0.15, 0.2) is 24.3 Å². The second-order valence-corrected chi connectivity index (χ2v) is 7.34. The highest BCUT2D eigenvalue weighted by Crippen LogP contribution is 2.65. The molecule has 0 heterocycles. The average molecular weight is 285 g/mol. The number of nitro benzene ring substituents is 1. The van der Waals surface area contributed by atoms with Gasteiger partial charge in [0.05, 0.1) is 10.5 Å². The molecule has 0 amide bonds. The highest BCUT2D eigenvalue weighted by Gasteiger charge is 2.56. The third kappa shape index (κ3) is 2.00. The van der Waals surface area contributed by atoms with E-state index in [1.165, 1.54) is 31.7 Å². The van der Waals surface area contributed by atoms with Gasteiger partial charge in [0.2, 0.25) is 0 Å². The quantitative estimate of drug-likeness (QED) is 0.477. The maximum absolute atomic E-state index is 12.6. The molecule has 0 aromatic heterocycles. The Bertz CT molecular complexity index is 605. The number of hydrogen-bond acceptors (Lipinski definition) is 3. The molecule has 2 unspecified atom stereocenters. The van der Waals surface area contributed by atoms with Gasteiger partial charge in [-0.15, -0.1) is 0 Å². The van der Waals surface area contributed by atoms with E-state index in [1.807, 2.05) is 0 Å². The molecule has 21 heavy (non-hydrogen) atoms. The maximum atomic E-state index is 12.6. The number of para-hydroxylation sites is 1. The zero-order chi connectivity index (χ0) is 14.6. The van der Waals surface area contributed by atoms with Gasteiger partial charge in [-0.3, -0.25) is 14.9 Å². The van der Waals surface area contributed by atoms with Crippen molar-refractivity contribution in [1.29, 1.82) is 0 Å². The first kappa shape index (κ1) is 13.0. The third-order valence-electron chi connectivity index (χ3n) is 5.99. The Labute approximate surface area is 123 Å². The van der Waals surface area contributed by atoms with Crippen molar-refractivity contribution in [3.05, 3.63) is 39.9 Å². The average Bonchev–Trinajstić information content (AvgIpc) is 2.85. The topological polar surface area (TPSA) is 60.2 Å². The molecule has 4 aliphatic rings. The van der Waals surface area contributed by atoms with E-state index in [0.717, 1.165) is 24.2 Å². The van der Waals surface area contributed by atoms with Gasteiger partial charge >= 0.3 is 0 Å². The first-order valence-electron chi connectivity index (χ1n) is 7.83. The number of carbonyl (C=O) groups is 1. The van der Waals surface area contributed by atoms with Gasteiger partial charge in [-0.25, -0.2) is 0 Å². The van der Waals surface area contributed by atoms with Gasteiger partial charge in [0.1, 0.15) is 0 Å². The second kappa shape index (κ2) is 4.39. The molecule has 4 saturated carbocycles. The lowest BCUT2D eigenvalue weighted by molar-refractivity contribution is -0.385. The summed E-state index contributed by atoms with van der Waals surface area (Å²) in [6.45, 7) is 0. The monoisotopic (exact) mass is 285 g/mol. The van der Waals surface area contributed by atoms with Crippen molar-refractivity contribution in [2.75, 3.05) is 0 Å². The Morgan fingerprint density at radius 3 is 2.48 bits per heavy atom. The highest BCUT2D eigenvalue weighted by atomic mass is 16.6. The molecule has 4 heteroatoms. The second-order valence-electron chi connectivity index (χ2n) is 7.34. The fourth-order valence-electron chi connectivity index (χ4n) is 5.50. The van der Waals surface area contributed by atoms with Crippen LogP contribution >= 0.6 is 0 Å². The molecule has 0 N–H and O–H groups in total. The van der Waals surface area contributed by atoms with Gasteiger partial charge in [-0.2, -0.15) is 0 Å². The van der Waals surface area contributed by atoms with Crippen LogP contribution in [0.25, 0.3) is 0 Å². The Kier molecular flexibility index (Phi) is 2.72. The number of nitrogens with zero attached hydrogens (tertiary/aromatic N) is 1. The molecule has 4 fully saturated rings. The zero-order valence-electron chi connectivity index (χ0n) is 12.0. The number of rotatable bonds is 4. The van der Waals surface area contributed by atoms with E-state index in [4.69, 9.17) is 0 Å². The molecule has 0 aliphatic heterocycles. The molecule has 1 aromatic rings. The summed E-state index contributed by atoms with van der Waals surface area (Å²) in [5.74, 6) is 2.41. The zero-order valence-corrected chi connectivity index (χ0v) is 12.0. The minimum absolute atomic E-state index is 0.0377. The molecule has 0 radical (unpaired) electrons. The van der Waals surface area contributed by atoms with E-state index < -0.39 is 4.92 Å². The molecular formula is C17H19NO3. The van der Waals surface area contributed by atoms with Crippen molar-refractivity contribution in [3.8, 4) is 0 Å². The largest absolute Gasteiger partial charge is 0.294 e. The molecule has 4 nitrogen and oxygen atoms in total. The molecule has 110 valence electrons. The fraction of sp³-hybridized carbons (Fsp3) is 0.588. The lowest BCUT2D eigenvalue weighted by Crippen LogP contribution is -2.30. The van der Waals surface area contributed by atoms with Gasteiger partial charge in [0, 0.05) is 12.5 Å². The lowest BCUT2D eigenvalue weighted by Gasteiger charge is -2.38. The summed E-state index contributed by atoms with van der Waals surface area (Å²) in [5, 5.41) is 11.1. The summed E-state index contributed by atoms with van der Waals surface area (Å²) < 4.78 is 0. The summed E-state index contributed by atoms with van der Waals surface area (Å²) in [6, 6.07) is 6.37. The van der Waals surface area contributed by atoms with Crippen LogP contribution in [0.4, 0.5) is 5.69 Å². The summed E-state index contributed by atoms with van der Waals surface area (Å²) in [5.41, 5.74) is 0.395. The smallest absolute Gasteiger partial charge is 0.280 e. The summed E-state index contributed by atoms with van der Waals surface area (Å²) in [4.78, 5) is 23.3. The highest BCUT2D eigenvalue weighted by molar-refractivity contribution is 6.00. The third-order valence-corrected chi connectivity index (χ3v) is 5.99. The number of carbonyl (C=O) groups excluding carboxylic acids is 1. The van der Waals surface area contributed by atoms with Gasteiger partial charge in [-0.05, 0) is 61.3 Å². The summed E-state index contributed by atoms with van der Waals surface area (Å²) >= 11 is 0. The molecule has 4 bridgehead atoms. The predicted octanol–water partition coefficient (Wildman–Crippen LogP) is 3.99. The van der Waals surface area contributed by atoms with E-state index in [9.17, 15) is 14.9 Å². The van der Waals surface area contributed by atoms with E-state index >= 15 is 0 Å². The Morgan fingerprint density at radius 2 is 1.86 bits per heavy atom. The van der Waals surface area contributed by atoms with Crippen molar-refractivity contribution in [2.24, 2.45) is 23.2 Å². The number of nitro groups is 1. The Hall–Kier alpha value is -1.71. The first-order valence-corrected chi connectivity index (χ1v) is 7.83. The molecule has 2 atom stereocenters. The van der Waals surface area contributed by atoms with Crippen LogP contribution < -0.4 is 0 Å². The van der Waals surface area contributed by atoms with Crippen LogP contribution in [0, 0.1) is 33.3 Å². The van der Waals surface area contributed by atoms with Gasteiger partial charge in [0.25, 0.3) is 5.69 Å². The SMILES string of the molecule is O=C(CC12CC3CC(C1)C(C3)C2)c1ccccc1[N+](=O)[O-]. The molecule has 5 rings (SSSR count). The minimum Gasteiger partial charge on any atom is -0.294 e. The van der Waals surface area contributed by atoms with Crippen LogP contribution in [0.5, 0.6) is 0 Å². The van der Waals surface area contributed by atoms with Crippen LogP contribution in [0.1, 0.15) is 48.9 Å². The van der Waals surface area contributed by atoms with Crippen molar-refractivity contribution < 1.29 is 9.72 Å². The first-order chi connectivity index (χ1) is 10.1. The van der Waals surface area contributed by atoms with Gasteiger partial charge < -0.3 is 0 Å². The Balaban J connectivity index is 1.59. The molecule has 1 aromatic carbocycles. The van der Waals surface area contributed by atoms with Crippen molar-refractivity contribution in [1.82, 2.24) is 0 Å². The van der Waals surface area contributed by atoms with E-state index in [0.29, 0.717) is 12.0 Å². The minimum atomic E-state index is -0.444. The number of ketones is 1. The molecule has 4 aliphatic carbocycles. The van der Waals surface area contributed by atoms with Crippen LogP contribution in [0.3, 0.4) is 0 Å². The molecular weight excluding hydrogens is 266 g/mol. The maximum Gasteiger partial charge on any atom is 0.280 e. The van der Waals surface area contributed by atoms with Gasteiger partial charge in [0.15, 0.2) is 5.78 Å². The van der Waals surface area contributed by atoms with Crippen molar-refractivity contribution in [3.63, 3.8) is 0 Å². The van der Waals surface area contributed by atoms with E-state index in [2.05, 4.69) is 0 Å². The van der Waals surface area contributed by atoms with E-state index in [-0.39, 0.29) is 16.9 Å². The fourth-order valence-corrected chi connectivity index (χ4v) is 5.50. The van der Waals surface area contributed by atoms with Gasteiger partial charge in [-0.1, -0.05) is 12.1 Å². The number of benzene rings is 1. The molecule has 0 spiro atoms. The molecule has 0 saturated heterocycles. The standard InChI is InChI=1S/C17H19NO3/c19-16(14-3-1-2-4-15(14)18(20)21)10-17-7-11-5-12(8-17)13(6-11)9-17/h1-4,11-13H,5-10H2. The van der Waals surface area contributed by atoms with Crippen molar-refractivity contribution >= 4 is 11.5 Å². The van der Waals surface area contributed by atoms with Crippen LogP contribution in [-0.2, 0) is 0 Å². The normalized spacial score (nSPS) is 36.1.